The molecule has 9 heteroatoms. The highest BCUT2D eigenvalue weighted by Gasteiger charge is 2.45. The maximum atomic E-state index is 13.8. The average molecular weight is 490 g/mol. The highest BCUT2D eigenvalue weighted by atomic mass is 16.6. The highest BCUT2D eigenvalue weighted by Crippen LogP contribution is 2.36. The number of aliphatic carboxylic acids is 1. The van der Waals surface area contributed by atoms with E-state index in [-0.39, 0.29) is 11.8 Å². The summed E-state index contributed by atoms with van der Waals surface area (Å²) in [7, 11) is 0. The summed E-state index contributed by atoms with van der Waals surface area (Å²) in [5.74, 6) is -1.90. The quantitative estimate of drug-likeness (QED) is 0.515. The van der Waals surface area contributed by atoms with Crippen molar-refractivity contribution in [1.29, 1.82) is 0 Å². The lowest BCUT2D eigenvalue weighted by atomic mass is 9.71. The number of carbonyl (C=O) groups excluding carboxylic acids is 3. The Morgan fingerprint density at radius 3 is 2.09 bits per heavy atom. The van der Waals surface area contributed by atoms with Crippen LogP contribution in [0.15, 0.2) is 30.3 Å². The van der Waals surface area contributed by atoms with Crippen molar-refractivity contribution in [2.24, 2.45) is 5.92 Å². The Morgan fingerprint density at radius 2 is 1.60 bits per heavy atom. The molecule has 0 aliphatic carbocycles. The number of carbonyl (C=O) groups is 4. The number of rotatable bonds is 8. The Labute approximate surface area is 207 Å². The van der Waals surface area contributed by atoms with Crippen LogP contribution < -0.4 is 10.6 Å². The van der Waals surface area contributed by atoms with Crippen LogP contribution in [0.1, 0.15) is 66.4 Å². The maximum Gasteiger partial charge on any atom is 0.410 e. The van der Waals surface area contributed by atoms with Crippen molar-refractivity contribution >= 4 is 23.9 Å². The molecule has 1 aliphatic rings. The fourth-order valence-corrected chi connectivity index (χ4v) is 4.18. The van der Waals surface area contributed by atoms with E-state index < -0.39 is 41.1 Å². The van der Waals surface area contributed by atoms with Crippen molar-refractivity contribution in [1.82, 2.24) is 15.5 Å². The molecule has 1 aliphatic heterocycles. The monoisotopic (exact) mass is 489 g/mol. The standard InChI is InChI=1S/C26H39N3O6/c1-17(2)16-20(21(30)27-18(3)22(31)32)28-23(33)26(19-10-8-7-9-11-19)12-14-29(15-13-26)24(34)35-25(4,5)6/h7-11,17-18,20H,12-16H2,1-6H3,(H,27,30)(H,28,33)(H,31,32)/t18-,20+/m1/s1. The Hall–Kier alpha value is -3.10. The minimum atomic E-state index is -1.15. The summed E-state index contributed by atoms with van der Waals surface area (Å²) in [5, 5.41) is 14.5. The van der Waals surface area contributed by atoms with E-state index in [9.17, 15) is 19.2 Å². The van der Waals surface area contributed by atoms with Crippen LogP contribution in [0.4, 0.5) is 4.79 Å². The minimum absolute atomic E-state index is 0.0906. The number of hydrogen-bond donors (Lipinski definition) is 3. The van der Waals surface area contributed by atoms with Gasteiger partial charge < -0.3 is 25.4 Å². The van der Waals surface area contributed by atoms with Gasteiger partial charge in [0.2, 0.25) is 11.8 Å². The van der Waals surface area contributed by atoms with E-state index in [1.165, 1.54) is 6.92 Å². The molecule has 35 heavy (non-hydrogen) atoms. The largest absolute Gasteiger partial charge is 0.480 e. The van der Waals surface area contributed by atoms with Gasteiger partial charge in [0.1, 0.15) is 17.7 Å². The van der Waals surface area contributed by atoms with E-state index >= 15 is 0 Å². The van der Waals surface area contributed by atoms with E-state index in [0.717, 1.165) is 5.56 Å². The highest BCUT2D eigenvalue weighted by molar-refractivity contribution is 5.94. The maximum absolute atomic E-state index is 13.8. The molecule has 3 N–H and O–H groups in total. The molecule has 1 aromatic carbocycles. The Balaban J connectivity index is 2.27. The predicted molar refractivity (Wildman–Crippen MR) is 132 cm³/mol. The number of nitrogens with one attached hydrogen (secondary N) is 2. The van der Waals surface area contributed by atoms with Crippen molar-refractivity contribution in [2.75, 3.05) is 13.1 Å². The second-order valence-electron chi connectivity index (χ2n) is 10.6. The molecule has 0 unspecified atom stereocenters. The van der Waals surface area contributed by atoms with Gasteiger partial charge in [0, 0.05) is 13.1 Å². The van der Waals surface area contributed by atoms with Crippen LogP contribution in [0.25, 0.3) is 0 Å². The molecule has 2 rings (SSSR count). The van der Waals surface area contributed by atoms with Gasteiger partial charge in [-0.3, -0.25) is 14.4 Å². The number of carboxylic acid groups (broad SMARTS) is 1. The predicted octanol–water partition coefficient (Wildman–Crippen LogP) is 3.08. The summed E-state index contributed by atoms with van der Waals surface area (Å²) < 4.78 is 5.49. The van der Waals surface area contributed by atoms with E-state index in [2.05, 4.69) is 10.6 Å². The first-order chi connectivity index (χ1) is 16.2. The molecule has 1 saturated heterocycles. The van der Waals surface area contributed by atoms with Crippen molar-refractivity contribution in [3.8, 4) is 0 Å². The summed E-state index contributed by atoms with van der Waals surface area (Å²) in [6, 6.07) is 7.39. The van der Waals surface area contributed by atoms with Gasteiger partial charge in [0.25, 0.3) is 0 Å². The van der Waals surface area contributed by atoms with Crippen LogP contribution in [0.2, 0.25) is 0 Å². The number of piperidine rings is 1. The molecule has 3 amide bonds. The van der Waals surface area contributed by atoms with Gasteiger partial charge in [-0.05, 0) is 58.4 Å². The zero-order chi connectivity index (χ0) is 26.4. The molecule has 0 saturated carbocycles. The third-order valence-corrected chi connectivity index (χ3v) is 6.09. The number of likely N-dealkylation sites (tertiary alicyclic amines) is 1. The van der Waals surface area contributed by atoms with Crippen LogP contribution in [0.5, 0.6) is 0 Å². The van der Waals surface area contributed by atoms with E-state index in [1.807, 2.05) is 65.0 Å². The minimum Gasteiger partial charge on any atom is -0.480 e. The number of benzene rings is 1. The third-order valence-electron chi connectivity index (χ3n) is 6.09. The Morgan fingerprint density at radius 1 is 1.03 bits per heavy atom. The molecule has 9 nitrogen and oxygen atoms in total. The number of carboxylic acids is 1. The van der Waals surface area contributed by atoms with Crippen LogP contribution in [-0.4, -0.2) is 64.7 Å². The van der Waals surface area contributed by atoms with Gasteiger partial charge in [0.05, 0.1) is 5.41 Å². The van der Waals surface area contributed by atoms with E-state index in [4.69, 9.17) is 9.84 Å². The number of nitrogens with zero attached hydrogens (tertiary/aromatic N) is 1. The summed E-state index contributed by atoms with van der Waals surface area (Å²) in [6.07, 6.45) is 0.672. The molecule has 0 aromatic heterocycles. The lowest BCUT2D eigenvalue weighted by molar-refractivity contribution is -0.142. The molecule has 1 fully saturated rings. The smallest absolute Gasteiger partial charge is 0.410 e. The molecular weight excluding hydrogens is 450 g/mol. The molecular formula is C26H39N3O6. The summed E-state index contributed by atoms with van der Waals surface area (Å²) in [5.41, 5.74) is -0.746. The second-order valence-corrected chi connectivity index (χ2v) is 10.6. The van der Waals surface area contributed by atoms with Gasteiger partial charge in [-0.1, -0.05) is 44.2 Å². The fraction of sp³-hybridized carbons (Fsp3) is 0.615. The molecule has 1 aromatic rings. The van der Waals surface area contributed by atoms with Crippen molar-refractivity contribution in [3.05, 3.63) is 35.9 Å². The molecule has 0 radical (unpaired) electrons. The van der Waals surface area contributed by atoms with Crippen LogP contribution >= 0.6 is 0 Å². The lowest BCUT2D eigenvalue weighted by Crippen LogP contribution is -2.58. The summed E-state index contributed by atoms with van der Waals surface area (Å²) in [4.78, 5) is 52.1. The van der Waals surface area contributed by atoms with Gasteiger partial charge >= 0.3 is 12.1 Å². The van der Waals surface area contributed by atoms with Crippen molar-refractivity contribution in [2.45, 2.75) is 83.9 Å². The first-order valence-electron chi connectivity index (χ1n) is 12.1. The average Bonchev–Trinajstić information content (AvgIpc) is 2.77. The molecule has 1 heterocycles. The number of ether oxygens (including phenoxy) is 1. The topological polar surface area (TPSA) is 125 Å². The Bertz CT molecular complexity index is 901. The van der Waals surface area contributed by atoms with Gasteiger partial charge in [0.15, 0.2) is 0 Å². The van der Waals surface area contributed by atoms with Gasteiger partial charge in [-0.15, -0.1) is 0 Å². The number of hydrogen-bond acceptors (Lipinski definition) is 5. The van der Waals surface area contributed by atoms with E-state index in [0.29, 0.717) is 32.4 Å². The first kappa shape index (κ1) is 28.1. The van der Waals surface area contributed by atoms with Gasteiger partial charge in [-0.2, -0.15) is 0 Å². The molecule has 0 spiro atoms. The zero-order valence-electron chi connectivity index (χ0n) is 21.6. The van der Waals surface area contributed by atoms with Crippen molar-refractivity contribution < 1.29 is 29.0 Å². The van der Waals surface area contributed by atoms with Crippen LogP contribution in [0, 0.1) is 5.92 Å². The normalized spacial score (nSPS) is 17.3. The summed E-state index contributed by atoms with van der Waals surface area (Å²) >= 11 is 0. The van der Waals surface area contributed by atoms with Crippen LogP contribution in [0.3, 0.4) is 0 Å². The third kappa shape index (κ3) is 7.70. The first-order valence-corrected chi connectivity index (χ1v) is 12.1. The second kappa shape index (κ2) is 11.6. The van der Waals surface area contributed by atoms with Gasteiger partial charge in [-0.25, -0.2) is 4.79 Å². The van der Waals surface area contributed by atoms with Crippen molar-refractivity contribution in [3.63, 3.8) is 0 Å². The van der Waals surface area contributed by atoms with E-state index in [1.54, 1.807) is 4.90 Å². The zero-order valence-corrected chi connectivity index (χ0v) is 21.6. The summed E-state index contributed by atoms with van der Waals surface area (Å²) in [6.45, 7) is 11.3. The van der Waals surface area contributed by atoms with Crippen LogP contribution in [-0.2, 0) is 24.5 Å². The SMILES string of the molecule is CC(C)C[C@H](NC(=O)C1(c2ccccc2)CCN(C(=O)OC(C)(C)C)CC1)C(=O)N[C@H](C)C(=O)O. The molecule has 194 valence electrons. The lowest BCUT2D eigenvalue weighted by Gasteiger charge is -2.42. The molecule has 2 atom stereocenters. The Kier molecular flexibility index (Phi) is 9.29. The molecule has 0 bridgehead atoms. The number of amides is 3. The fourth-order valence-electron chi connectivity index (χ4n) is 4.18.